The van der Waals surface area contributed by atoms with Crippen LogP contribution in [0.4, 0.5) is 10.1 Å². The second kappa shape index (κ2) is 7.27. The Kier molecular flexibility index (Phi) is 4.80. The first-order valence-electron chi connectivity index (χ1n) is 8.91. The van der Waals surface area contributed by atoms with E-state index >= 15 is 0 Å². The summed E-state index contributed by atoms with van der Waals surface area (Å²) in [5, 5.41) is 11.3. The third-order valence-electron chi connectivity index (χ3n) is 4.86. The van der Waals surface area contributed by atoms with Crippen LogP contribution in [-0.4, -0.2) is 26.0 Å². The van der Waals surface area contributed by atoms with Gasteiger partial charge in [-0.25, -0.2) is 9.07 Å². The minimum absolute atomic E-state index is 0.151. The molecule has 0 fully saturated rings. The van der Waals surface area contributed by atoms with E-state index < -0.39 is 5.25 Å². The highest BCUT2D eigenvalue weighted by Gasteiger charge is 2.37. The summed E-state index contributed by atoms with van der Waals surface area (Å²) < 4.78 is 15.2. The maximum absolute atomic E-state index is 13.4. The highest BCUT2D eigenvalue weighted by molar-refractivity contribution is 8.00. The molecule has 0 saturated heterocycles. The summed E-state index contributed by atoms with van der Waals surface area (Å²) in [4.78, 5) is 13.1. The van der Waals surface area contributed by atoms with Crippen molar-refractivity contribution >= 4 is 23.4 Å². The van der Waals surface area contributed by atoms with Crippen LogP contribution in [0.25, 0.3) is 0 Å². The number of thioether (sulfide) groups is 1. The van der Waals surface area contributed by atoms with Crippen molar-refractivity contribution in [3.05, 3.63) is 70.8 Å². The molecule has 1 aromatic heterocycles. The Morgan fingerprint density at radius 3 is 2.57 bits per heavy atom. The molecule has 0 unspecified atom stereocenters. The molecule has 0 bridgehead atoms. The maximum Gasteiger partial charge on any atom is 0.240 e. The van der Waals surface area contributed by atoms with Crippen LogP contribution in [0.5, 0.6) is 0 Å². The summed E-state index contributed by atoms with van der Waals surface area (Å²) in [7, 11) is 0. The zero-order chi connectivity index (χ0) is 19.8. The van der Waals surface area contributed by atoms with Gasteiger partial charge in [0.05, 0.1) is 6.04 Å². The Balaban J connectivity index is 1.65. The van der Waals surface area contributed by atoms with Gasteiger partial charge in [0.25, 0.3) is 0 Å². The van der Waals surface area contributed by atoms with Crippen LogP contribution in [0.2, 0.25) is 0 Å². The quantitative estimate of drug-likeness (QED) is 0.704. The number of carbonyl (C=O) groups is 1. The molecule has 0 radical (unpaired) electrons. The first-order chi connectivity index (χ1) is 13.4. The van der Waals surface area contributed by atoms with Crippen LogP contribution < -0.4 is 10.7 Å². The fourth-order valence-corrected chi connectivity index (χ4v) is 4.24. The number of carbonyl (C=O) groups excluding carboxylic acids is 1. The summed E-state index contributed by atoms with van der Waals surface area (Å²) in [6, 6.07) is 11.6. The Labute approximate surface area is 166 Å². The van der Waals surface area contributed by atoms with Gasteiger partial charge < -0.3 is 10.7 Å². The number of halogens is 1. The van der Waals surface area contributed by atoms with E-state index in [0.29, 0.717) is 11.0 Å². The van der Waals surface area contributed by atoms with Crippen molar-refractivity contribution in [2.24, 2.45) is 0 Å². The molecule has 8 heteroatoms. The molecule has 2 N–H and O–H groups in total. The maximum atomic E-state index is 13.4. The number of hydrogen-bond acceptors (Lipinski definition) is 5. The van der Waals surface area contributed by atoms with Crippen molar-refractivity contribution in [1.82, 2.24) is 14.9 Å². The molecule has 0 spiro atoms. The number of hydrogen-bond donors (Lipinski definition) is 2. The van der Waals surface area contributed by atoms with E-state index in [1.807, 2.05) is 39.0 Å². The average molecular weight is 397 g/mol. The fraction of sp³-hybridized carbons (Fsp3) is 0.250. The second-order valence-electron chi connectivity index (χ2n) is 6.85. The van der Waals surface area contributed by atoms with Gasteiger partial charge in [-0.2, -0.15) is 0 Å². The fourth-order valence-electron chi connectivity index (χ4n) is 3.11. The smallest absolute Gasteiger partial charge is 0.240 e. The molecule has 28 heavy (non-hydrogen) atoms. The highest BCUT2D eigenvalue weighted by atomic mass is 32.2. The first kappa shape index (κ1) is 18.5. The third kappa shape index (κ3) is 3.47. The van der Waals surface area contributed by atoms with E-state index in [1.165, 1.54) is 29.5 Å². The van der Waals surface area contributed by atoms with Gasteiger partial charge in [0, 0.05) is 5.69 Å². The number of fused-ring (bicyclic) bond motifs is 1. The van der Waals surface area contributed by atoms with Crippen molar-refractivity contribution in [2.75, 3.05) is 10.7 Å². The molecular weight excluding hydrogens is 377 g/mol. The lowest BCUT2D eigenvalue weighted by Crippen LogP contribution is -2.41. The van der Waals surface area contributed by atoms with E-state index in [4.69, 9.17) is 0 Å². The van der Waals surface area contributed by atoms with Crippen LogP contribution in [0.15, 0.2) is 47.6 Å². The highest BCUT2D eigenvalue weighted by Crippen LogP contribution is 2.37. The second-order valence-corrected chi connectivity index (χ2v) is 7.96. The standard InChI is InChI=1S/C20H20FN5OS/c1-11-4-9-16(10-12(11)2)22-19(27)18-17(14-5-7-15(21)8-6-14)25-26-13(3)23-24-20(26)28-18/h4-10,17-18,25H,1-3H3,(H,22,27)/t17-,18+/m0/s1. The van der Waals surface area contributed by atoms with Gasteiger partial charge in [0.1, 0.15) is 16.9 Å². The summed E-state index contributed by atoms with van der Waals surface area (Å²) in [6.07, 6.45) is 0. The zero-order valence-corrected chi connectivity index (χ0v) is 16.5. The molecule has 6 nitrogen and oxygen atoms in total. The number of nitrogens with one attached hydrogen (secondary N) is 2. The summed E-state index contributed by atoms with van der Waals surface area (Å²) in [5.74, 6) is 0.231. The van der Waals surface area contributed by atoms with Crippen LogP contribution in [0, 0.1) is 26.6 Å². The SMILES string of the molecule is Cc1ccc(NC(=O)[C@@H]2Sc3nnc(C)n3N[C@H]2c2ccc(F)cc2)cc1C. The van der Waals surface area contributed by atoms with Gasteiger partial charge in [-0.3, -0.25) is 4.79 Å². The van der Waals surface area contributed by atoms with Gasteiger partial charge in [0.15, 0.2) is 0 Å². The number of benzene rings is 2. The predicted molar refractivity (Wildman–Crippen MR) is 107 cm³/mol. The van der Waals surface area contributed by atoms with Gasteiger partial charge in [-0.05, 0) is 61.7 Å². The van der Waals surface area contributed by atoms with Crippen LogP contribution >= 0.6 is 11.8 Å². The molecule has 3 aromatic rings. The molecule has 4 rings (SSSR count). The van der Waals surface area contributed by atoms with E-state index in [9.17, 15) is 9.18 Å². The molecule has 144 valence electrons. The van der Waals surface area contributed by atoms with Gasteiger partial charge in [-0.15, -0.1) is 10.2 Å². The van der Waals surface area contributed by atoms with Crippen molar-refractivity contribution < 1.29 is 9.18 Å². The molecule has 1 aliphatic heterocycles. The topological polar surface area (TPSA) is 71.8 Å². The van der Waals surface area contributed by atoms with Crippen molar-refractivity contribution in [2.45, 2.75) is 37.2 Å². The zero-order valence-electron chi connectivity index (χ0n) is 15.7. The summed E-state index contributed by atoms with van der Waals surface area (Å²) >= 11 is 1.34. The van der Waals surface area contributed by atoms with Gasteiger partial charge in [0.2, 0.25) is 11.1 Å². The third-order valence-corrected chi connectivity index (χ3v) is 6.08. The largest absolute Gasteiger partial charge is 0.325 e. The number of amides is 1. The number of anilines is 1. The van der Waals surface area contributed by atoms with Crippen LogP contribution in [-0.2, 0) is 4.79 Å². The van der Waals surface area contributed by atoms with Crippen molar-refractivity contribution in [3.8, 4) is 0 Å². The number of rotatable bonds is 3. The monoisotopic (exact) mass is 397 g/mol. The molecule has 1 aliphatic rings. The molecule has 0 aliphatic carbocycles. The lowest BCUT2D eigenvalue weighted by molar-refractivity contribution is -0.116. The molecule has 1 amide bonds. The van der Waals surface area contributed by atoms with E-state index in [0.717, 1.165) is 16.8 Å². The minimum Gasteiger partial charge on any atom is -0.325 e. The molecule has 2 heterocycles. The van der Waals surface area contributed by atoms with Crippen molar-refractivity contribution in [1.29, 1.82) is 0 Å². The molecule has 0 saturated carbocycles. The molecular formula is C20H20FN5OS. The van der Waals surface area contributed by atoms with Gasteiger partial charge >= 0.3 is 0 Å². The summed E-state index contributed by atoms with van der Waals surface area (Å²) in [6.45, 7) is 5.87. The Hall–Kier alpha value is -2.87. The number of aryl methyl sites for hydroxylation is 3. The van der Waals surface area contributed by atoms with Gasteiger partial charge in [-0.1, -0.05) is 30.0 Å². The molecule has 2 aromatic carbocycles. The number of aromatic nitrogens is 3. The van der Waals surface area contributed by atoms with Crippen LogP contribution in [0.3, 0.4) is 0 Å². The van der Waals surface area contributed by atoms with E-state index in [-0.39, 0.29) is 17.8 Å². The van der Waals surface area contributed by atoms with Crippen molar-refractivity contribution in [3.63, 3.8) is 0 Å². The Morgan fingerprint density at radius 2 is 1.86 bits per heavy atom. The predicted octanol–water partition coefficient (Wildman–Crippen LogP) is 3.74. The minimum atomic E-state index is -0.497. The van der Waals surface area contributed by atoms with E-state index in [2.05, 4.69) is 20.9 Å². The number of nitrogens with zero attached hydrogens (tertiary/aromatic N) is 3. The van der Waals surface area contributed by atoms with Crippen LogP contribution in [0.1, 0.15) is 28.6 Å². The Morgan fingerprint density at radius 1 is 1.11 bits per heavy atom. The lowest BCUT2D eigenvalue weighted by atomic mass is 10.0. The summed E-state index contributed by atoms with van der Waals surface area (Å²) in [5.41, 5.74) is 7.14. The first-order valence-corrected chi connectivity index (χ1v) is 9.79. The normalized spacial score (nSPS) is 18.3. The lowest BCUT2D eigenvalue weighted by Gasteiger charge is -2.32. The Bertz CT molecular complexity index is 1030. The molecule has 2 atom stereocenters. The van der Waals surface area contributed by atoms with E-state index in [1.54, 1.807) is 16.8 Å². The average Bonchev–Trinajstić information content (AvgIpc) is 3.04.